The Labute approximate surface area is 334 Å². The number of nitrogens with zero attached hydrogens (tertiary/aromatic N) is 5. The van der Waals surface area contributed by atoms with Crippen LogP contribution in [-0.4, -0.2) is 94.6 Å². The number of anilines is 1. The molecule has 2 saturated carbocycles. The second-order valence-electron chi connectivity index (χ2n) is 15.5. The van der Waals surface area contributed by atoms with E-state index in [1.807, 2.05) is 12.1 Å². The molecule has 0 bridgehead atoms. The van der Waals surface area contributed by atoms with Gasteiger partial charge in [0.15, 0.2) is 11.5 Å². The van der Waals surface area contributed by atoms with Crippen LogP contribution < -0.4 is 30.3 Å². The summed E-state index contributed by atoms with van der Waals surface area (Å²) < 4.78 is 12.2. The highest BCUT2D eigenvalue weighted by Gasteiger charge is 2.45. The smallest absolute Gasteiger partial charge is 0.272 e. The fraction of sp³-hybridized carbons (Fsp3) is 0.463. The van der Waals surface area contributed by atoms with Crippen LogP contribution >= 0.6 is 11.6 Å². The first-order chi connectivity index (χ1) is 27.6. The van der Waals surface area contributed by atoms with Crippen molar-refractivity contribution in [2.75, 3.05) is 24.5 Å². The van der Waals surface area contributed by atoms with Gasteiger partial charge in [-0.05, 0) is 113 Å². The molecule has 296 valence electrons. The summed E-state index contributed by atoms with van der Waals surface area (Å²) in [5.74, 6) is 0.0666. The normalized spacial score (nSPS) is 24.9. The minimum Gasteiger partial charge on any atom is -0.490 e. The van der Waals surface area contributed by atoms with E-state index in [9.17, 15) is 24.0 Å². The van der Waals surface area contributed by atoms with Crippen LogP contribution in [0.1, 0.15) is 101 Å². The third-order valence-electron chi connectivity index (χ3n) is 11.7. The number of nitriles is 1. The van der Waals surface area contributed by atoms with Crippen LogP contribution in [0.4, 0.5) is 5.82 Å². The highest BCUT2D eigenvalue weighted by Crippen LogP contribution is 2.33. The number of hydrogen-bond acceptors (Lipinski definition) is 12. The lowest BCUT2D eigenvalue weighted by molar-refractivity contribution is -0.136. The molecule has 1 unspecified atom stereocenters. The third-order valence-corrected chi connectivity index (χ3v) is 12.0. The molecule has 2 aliphatic carbocycles. The standard InChI is InChI=1S/C41H43ClN8O7/c42-33-20-29(4-1-24(33)21-43)56-27-5-2-25(3-6-27)45-38(52)34-9-11-36(48-47-34)49-15-13-23(14-16-49)22-44-26-17-30(18-26)57-28-7-8-31-32(19-28)41(55)50(40(31)54)35-10-12-37(51)46-39(35)53/h1,4,7-9,11,19-20,23,25-27,30,35,44H,2-3,5-6,10,12-18,22H2,(H,45,52)(H,46,51,53). The Morgan fingerprint density at radius 2 is 1.56 bits per heavy atom. The first-order valence-corrected chi connectivity index (χ1v) is 20.0. The molecule has 3 N–H and O–H groups in total. The van der Waals surface area contributed by atoms with Crippen molar-refractivity contribution in [2.45, 2.75) is 94.5 Å². The predicted octanol–water partition coefficient (Wildman–Crippen LogP) is 3.94. The van der Waals surface area contributed by atoms with Crippen molar-refractivity contribution in [3.8, 4) is 17.6 Å². The first-order valence-electron chi connectivity index (χ1n) is 19.6. The van der Waals surface area contributed by atoms with E-state index in [1.54, 1.807) is 42.5 Å². The number of ether oxygens (including phenoxy) is 2. The number of aromatic nitrogens is 2. The maximum atomic E-state index is 13.1. The Kier molecular flexibility index (Phi) is 11.1. The van der Waals surface area contributed by atoms with E-state index in [2.05, 4.69) is 31.0 Å². The number of carbonyl (C=O) groups excluding carboxylic acids is 5. The lowest BCUT2D eigenvalue weighted by atomic mass is 9.88. The number of carbonyl (C=O) groups is 5. The zero-order valence-electron chi connectivity index (χ0n) is 31.2. The lowest BCUT2D eigenvalue weighted by Crippen LogP contribution is -2.54. The van der Waals surface area contributed by atoms with Crippen molar-refractivity contribution in [2.24, 2.45) is 5.92 Å². The minimum atomic E-state index is -1.00. The maximum Gasteiger partial charge on any atom is 0.272 e. The number of halogens is 1. The fourth-order valence-electron chi connectivity index (χ4n) is 8.30. The number of benzene rings is 2. The van der Waals surface area contributed by atoms with Crippen molar-refractivity contribution < 1.29 is 33.4 Å². The summed E-state index contributed by atoms with van der Waals surface area (Å²) in [6.07, 6.45) is 6.99. The molecule has 8 rings (SSSR count). The number of hydrogen-bond donors (Lipinski definition) is 3. The molecule has 57 heavy (non-hydrogen) atoms. The molecule has 5 amide bonds. The summed E-state index contributed by atoms with van der Waals surface area (Å²) in [7, 11) is 0. The molecule has 4 heterocycles. The van der Waals surface area contributed by atoms with Gasteiger partial charge in [0.1, 0.15) is 29.7 Å². The van der Waals surface area contributed by atoms with Crippen molar-refractivity contribution in [1.82, 2.24) is 31.0 Å². The largest absolute Gasteiger partial charge is 0.490 e. The van der Waals surface area contributed by atoms with Gasteiger partial charge in [0.25, 0.3) is 17.7 Å². The number of nitrogens with one attached hydrogen (secondary N) is 3. The van der Waals surface area contributed by atoms with E-state index >= 15 is 0 Å². The van der Waals surface area contributed by atoms with Gasteiger partial charge in [-0.3, -0.25) is 34.2 Å². The second-order valence-corrected chi connectivity index (χ2v) is 15.9. The topological polar surface area (TPSA) is 196 Å². The van der Waals surface area contributed by atoms with Gasteiger partial charge in [-0.15, -0.1) is 10.2 Å². The van der Waals surface area contributed by atoms with E-state index in [4.69, 9.17) is 26.3 Å². The Morgan fingerprint density at radius 3 is 2.26 bits per heavy atom. The van der Waals surface area contributed by atoms with E-state index < -0.39 is 29.7 Å². The van der Waals surface area contributed by atoms with Gasteiger partial charge in [0.2, 0.25) is 11.8 Å². The quantitative estimate of drug-likeness (QED) is 0.237. The Balaban J connectivity index is 0.721. The van der Waals surface area contributed by atoms with Crippen molar-refractivity contribution in [3.05, 3.63) is 75.9 Å². The molecule has 4 fully saturated rings. The average Bonchev–Trinajstić information content (AvgIpc) is 3.44. The van der Waals surface area contributed by atoms with Crippen LogP contribution in [0.2, 0.25) is 5.02 Å². The van der Waals surface area contributed by atoms with Gasteiger partial charge in [0, 0.05) is 37.7 Å². The number of fused-ring (bicyclic) bond motifs is 1. The Bertz CT molecular complexity index is 2100. The molecule has 1 atom stereocenters. The molecule has 15 nitrogen and oxygen atoms in total. The van der Waals surface area contributed by atoms with Gasteiger partial charge in [0.05, 0.1) is 27.8 Å². The highest BCUT2D eigenvalue weighted by atomic mass is 35.5. The highest BCUT2D eigenvalue weighted by molar-refractivity contribution is 6.31. The molecule has 1 aromatic heterocycles. The monoisotopic (exact) mass is 794 g/mol. The van der Waals surface area contributed by atoms with Crippen molar-refractivity contribution >= 4 is 47.0 Å². The van der Waals surface area contributed by atoms with E-state index in [0.717, 1.165) is 81.7 Å². The molecule has 3 aromatic rings. The molecular formula is C41H43ClN8O7. The van der Waals surface area contributed by atoms with Crippen LogP contribution in [0, 0.1) is 17.2 Å². The zero-order chi connectivity index (χ0) is 39.6. The second kappa shape index (κ2) is 16.5. The Hall–Kier alpha value is -5.59. The van der Waals surface area contributed by atoms with Crippen molar-refractivity contribution in [1.29, 1.82) is 5.26 Å². The van der Waals surface area contributed by atoms with E-state index in [1.165, 1.54) is 0 Å². The Morgan fingerprint density at radius 1 is 0.842 bits per heavy atom. The van der Waals surface area contributed by atoms with Gasteiger partial charge in [-0.25, -0.2) is 0 Å². The van der Waals surface area contributed by atoms with Gasteiger partial charge in [-0.1, -0.05) is 11.6 Å². The molecule has 2 aromatic carbocycles. The number of piperidine rings is 2. The molecule has 0 spiro atoms. The van der Waals surface area contributed by atoms with Crippen LogP contribution in [0.25, 0.3) is 0 Å². The third kappa shape index (κ3) is 8.43. The summed E-state index contributed by atoms with van der Waals surface area (Å²) in [6, 6.07) is 14.9. The van der Waals surface area contributed by atoms with Crippen LogP contribution in [0.5, 0.6) is 11.5 Å². The lowest BCUT2D eigenvalue weighted by Gasteiger charge is -2.38. The van der Waals surface area contributed by atoms with Crippen LogP contribution in [0.3, 0.4) is 0 Å². The van der Waals surface area contributed by atoms with Crippen molar-refractivity contribution in [3.63, 3.8) is 0 Å². The number of amides is 5. The van der Waals surface area contributed by atoms with Crippen LogP contribution in [0.15, 0.2) is 48.5 Å². The summed E-state index contributed by atoms with van der Waals surface area (Å²) >= 11 is 6.14. The summed E-state index contributed by atoms with van der Waals surface area (Å²) in [6.45, 7) is 2.60. The molecule has 2 saturated heterocycles. The van der Waals surface area contributed by atoms with Gasteiger partial charge >= 0.3 is 0 Å². The predicted molar refractivity (Wildman–Crippen MR) is 206 cm³/mol. The SMILES string of the molecule is N#Cc1ccc(OC2CCC(NC(=O)c3ccc(N4CCC(CNC5CC(Oc6ccc7c(c6)C(=O)N(C6CCC(=O)NC6=O)C7=O)C5)CC4)nn3)CC2)cc1Cl. The van der Waals surface area contributed by atoms with Crippen LogP contribution in [-0.2, 0) is 9.59 Å². The summed E-state index contributed by atoms with van der Waals surface area (Å²) in [5.41, 5.74) is 1.15. The average molecular weight is 795 g/mol. The number of rotatable bonds is 11. The van der Waals surface area contributed by atoms with E-state index in [0.29, 0.717) is 39.7 Å². The van der Waals surface area contributed by atoms with Gasteiger partial charge in [-0.2, -0.15) is 5.26 Å². The molecular weight excluding hydrogens is 752 g/mol. The molecule has 16 heteroatoms. The van der Waals surface area contributed by atoms with Gasteiger partial charge < -0.3 is 25.0 Å². The first kappa shape index (κ1) is 38.3. The maximum absolute atomic E-state index is 13.1. The molecule has 3 aliphatic heterocycles. The molecule has 0 radical (unpaired) electrons. The number of imide groups is 2. The zero-order valence-corrected chi connectivity index (χ0v) is 32.0. The minimum absolute atomic E-state index is 0.0133. The fourth-order valence-corrected chi connectivity index (χ4v) is 8.51. The summed E-state index contributed by atoms with van der Waals surface area (Å²) in [4.78, 5) is 66.1. The van der Waals surface area contributed by atoms with E-state index in [-0.39, 0.29) is 48.1 Å². The molecule has 5 aliphatic rings. The summed E-state index contributed by atoms with van der Waals surface area (Å²) in [5, 5.41) is 27.1.